The highest BCUT2D eigenvalue weighted by molar-refractivity contribution is 7.99. The summed E-state index contributed by atoms with van der Waals surface area (Å²) in [6.07, 6.45) is 1.75. The smallest absolute Gasteiger partial charge is 0.321 e. The van der Waals surface area contributed by atoms with Gasteiger partial charge < -0.3 is 5.32 Å². The molecule has 154 valence electrons. The average Bonchev–Trinajstić information content (AvgIpc) is 3.14. The third kappa shape index (κ3) is 5.81. The van der Waals surface area contributed by atoms with Crippen molar-refractivity contribution in [3.63, 3.8) is 0 Å². The number of hydrogen-bond acceptors (Lipinski definition) is 5. The SMILES string of the molecule is C=CCn1c(SCC(=O)NC(=O)NCc2ccccc2)nnc1-c1cccc(C)c1. The quantitative estimate of drug-likeness (QED) is 0.429. The van der Waals surface area contributed by atoms with E-state index in [1.165, 1.54) is 11.8 Å². The highest BCUT2D eigenvalue weighted by Gasteiger charge is 2.16. The van der Waals surface area contributed by atoms with Crippen molar-refractivity contribution in [2.24, 2.45) is 0 Å². The molecule has 0 bridgehead atoms. The van der Waals surface area contributed by atoms with Crippen molar-refractivity contribution in [2.75, 3.05) is 5.75 Å². The summed E-state index contributed by atoms with van der Waals surface area (Å²) in [7, 11) is 0. The van der Waals surface area contributed by atoms with E-state index < -0.39 is 11.9 Å². The van der Waals surface area contributed by atoms with Crippen molar-refractivity contribution < 1.29 is 9.59 Å². The zero-order valence-corrected chi connectivity index (χ0v) is 17.5. The van der Waals surface area contributed by atoms with E-state index >= 15 is 0 Å². The van der Waals surface area contributed by atoms with Crippen LogP contribution < -0.4 is 10.6 Å². The van der Waals surface area contributed by atoms with Crippen molar-refractivity contribution in [1.82, 2.24) is 25.4 Å². The lowest BCUT2D eigenvalue weighted by molar-refractivity contribution is -0.117. The van der Waals surface area contributed by atoms with Crippen LogP contribution in [0.5, 0.6) is 0 Å². The van der Waals surface area contributed by atoms with Crippen molar-refractivity contribution in [3.8, 4) is 11.4 Å². The van der Waals surface area contributed by atoms with Gasteiger partial charge in [-0.05, 0) is 18.6 Å². The first kappa shape index (κ1) is 21.3. The predicted octanol–water partition coefficient (Wildman–Crippen LogP) is 3.56. The van der Waals surface area contributed by atoms with Crippen molar-refractivity contribution >= 4 is 23.7 Å². The lowest BCUT2D eigenvalue weighted by Gasteiger charge is -2.09. The Morgan fingerprint density at radius 2 is 1.93 bits per heavy atom. The molecule has 30 heavy (non-hydrogen) atoms. The Kier molecular flexibility index (Phi) is 7.40. The summed E-state index contributed by atoms with van der Waals surface area (Å²) < 4.78 is 1.90. The number of benzene rings is 2. The molecule has 0 fully saturated rings. The number of thioether (sulfide) groups is 1. The lowest BCUT2D eigenvalue weighted by Crippen LogP contribution is -2.40. The summed E-state index contributed by atoms with van der Waals surface area (Å²) >= 11 is 1.22. The summed E-state index contributed by atoms with van der Waals surface area (Å²) in [6, 6.07) is 16.9. The fourth-order valence-electron chi connectivity index (χ4n) is 2.80. The first-order valence-corrected chi connectivity index (χ1v) is 10.4. The van der Waals surface area contributed by atoms with Crippen LogP contribution in [-0.2, 0) is 17.9 Å². The van der Waals surface area contributed by atoms with Crippen molar-refractivity contribution in [3.05, 3.63) is 78.4 Å². The van der Waals surface area contributed by atoms with Gasteiger partial charge in [0, 0.05) is 18.7 Å². The number of allylic oxidation sites excluding steroid dienone is 1. The molecule has 0 saturated heterocycles. The van der Waals surface area contributed by atoms with Crippen LogP contribution in [0.4, 0.5) is 4.79 Å². The molecule has 2 N–H and O–H groups in total. The number of nitrogens with zero attached hydrogens (tertiary/aromatic N) is 3. The van der Waals surface area contributed by atoms with Crippen LogP contribution in [0.1, 0.15) is 11.1 Å². The zero-order valence-electron chi connectivity index (χ0n) is 16.7. The lowest BCUT2D eigenvalue weighted by atomic mass is 10.1. The Hall–Kier alpha value is -3.39. The molecule has 0 aliphatic heterocycles. The highest BCUT2D eigenvalue weighted by Crippen LogP contribution is 2.24. The molecular weight excluding hydrogens is 398 g/mol. The van der Waals surface area contributed by atoms with Gasteiger partial charge >= 0.3 is 6.03 Å². The van der Waals surface area contributed by atoms with Gasteiger partial charge in [-0.25, -0.2) is 4.79 Å². The van der Waals surface area contributed by atoms with Crippen LogP contribution in [-0.4, -0.2) is 32.5 Å². The maximum Gasteiger partial charge on any atom is 0.321 e. The minimum absolute atomic E-state index is 0.0435. The molecule has 8 heteroatoms. The molecular formula is C22H23N5O2S. The van der Waals surface area contributed by atoms with E-state index in [-0.39, 0.29) is 5.75 Å². The second-order valence-corrected chi connectivity index (χ2v) is 7.52. The number of rotatable bonds is 8. The monoisotopic (exact) mass is 421 g/mol. The number of carbonyl (C=O) groups excluding carboxylic acids is 2. The third-order valence-electron chi connectivity index (χ3n) is 4.19. The Labute approximate surface area is 179 Å². The normalized spacial score (nSPS) is 10.4. The Morgan fingerprint density at radius 3 is 2.67 bits per heavy atom. The topological polar surface area (TPSA) is 88.9 Å². The molecule has 0 spiro atoms. The molecule has 7 nitrogen and oxygen atoms in total. The molecule has 0 aliphatic carbocycles. The Morgan fingerprint density at radius 1 is 1.13 bits per heavy atom. The van der Waals surface area contributed by atoms with E-state index in [0.717, 1.165) is 16.7 Å². The van der Waals surface area contributed by atoms with E-state index in [4.69, 9.17) is 0 Å². The molecule has 0 radical (unpaired) electrons. The second-order valence-electron chi connectivity index (χ2n) is 6.58. The second kappa shape index (κ2) is 10.4. The molecule has 3 rings (SSSR count). The highest BCUT2D eigenvalue weighted by atomic mass is 32.2. The van der Waals surface area contributed by atoms with Crippen molar-refractivity contribution in [2.45, 2.75) is 25.2 Å². The van der Waals surface area contributed by atoms with Gasteiger partial charge in [0.25, 0.3) is 0 Å². The van der Waals surface area contributed by atoms with Gasteiger partial charge in [0.05, 0.1) is 5.75 Å². The van der Waals surface area contributed by atoms with Gasteiger partial charge in [-0.2, -0.15) is 0 Å². The largest absolute Gasteiger partial charge is 0.334 e. The number of urea groups is 1. The van der Waals surface area contributed by atoms with Crippen LogP contribution in [0.25, 0.3) is 11.4 Å². The summed E-state index contributed by atoms with van der Waals surface area (Å²) in [4.78, 5) is 24.1. The molecule has 0 atom stereocenters. The molecule has 0 unspecified atom stereocenters. The molecule has 2 aromatic carbocycles. The minimum atomic E-state index is -0.530. The first-order valence-electron chi connectivity index (χ1n) is 9.42. The van der Waals surface area contributed by atoms with Gasteiger partial charge in [-0.15, -0.1) is 16.8 Å². The van der Waals surface area contributed by atoms with E-state index in [2.05, 4.69) is 27.4 Å². The molecule has 0 saturated carbocycles. The minimum Gasteiger partial charge on any atom is -0.334 e. The van der Waals surface area contributed by atoms with Crippen molar-refractivity contribution in [1.29, 1.82) is 0 Å². The zero-order chi connectivity index (χ0) is 21.3. The number of carbonyl (C=O) groups is 2. The van der Waals surface area contributed by atoms with E-state index in [0.29, 0.717) is 24.1 Å². The van der Waals surface area contributed by atoms with Crippen LogP contribution in [0.3, 0.4) is 0 Å². The molecule has 0 aliphatic rings. The fourth-order valence-corrected chi connectivity index (χ4v) is 3.55. The number of imide groups is 1. The van der Waals surface area contributed by atoms with Gasteiger partial charge in [-0.3, -0.25) is 14.7 Å². The van der Waals surface area contributed by atoms with Crippen LogP contribution >= 0.6 is 11.8 Å². The van der Waals surface area contributed by atoms with Gasteiger partial charge in [0.15, 0.2) is 11.0 Å². The first-order chi connectivity index (χ1) is 14.6. The summed E-state index contributed by atoms with van der Waals surface area (Å²) in [5, 5.41) is 14.1. The third-order valence-corrected chi connectivity index (χ3v) is 5.15. The summed E-state index contributed by atoms with van der Waals surface area (Å²) in [5.41, 5.74) is 3.02. The number of nitrogens with one attached hydrogen (secondary N) is 2. The fraction of sp³-hybridized carbons (Fsp3) is 0.182. The number of aryl methyl sites for hydroxylation is 1. The summed E-state index contributed by atoms with van der Waals surface area (Å²) in [6.45, 7) is 6.67. The standard InChI is InChI=1S/C22H23N5O2S/c1-3-12-27-20(18-11-7-8-16(2)13-18)25-26-22(27)30-15-19(28)24-21(29)23-14-17-9-5-4-6-10-17/h3-11,13H,1,12,14-15H2,2H3,(H2,23,24,28,29). The van der Waals surface area contributed by atoms with Crippen LogP contribution in [0.2, 0.25) is 0 Å². The molecule has 1 aromatic heterocycles. The Balaban J connectivity index is 1.57. The number of amides is 3. The molecule has 3 amide bonds. The average molecular weight is 422 g/mol. The van der Waals surface area contributed by atoms with Gasteiger partial charge in [0.2, 0.25) is 5.91 Å². The predicted molar refractivity (Wildman–Crippen MR) is 118 cm³/mol. The summed E-state index contributed by atoms with van der Waals surface area (Å²) in [5.74, 6) is 0.347. The maximum absolute atomic E-state index is 12.2. The maximum atomic E-state index is 12.2. The van der Waals surface area contributed by atoms with E-state index in [1.807, 2.05) is 66.1 Å². The van der Waals surface area contributed by atoms with E-state index in [9.17, 15) is 9.59 Å². The Bertz CT molecular complexity index is 1030. The molecule has 1 heterocycles. The van der Waals surface area contributed by atoms with Gasteiger partial charge in [0.1, 0.15) is 0 Å². The number of hydrogen-bond donors (Lipinski definition) is 2. The van der Waals surface area contributed by atoms with Crippen LogP contribution in [0.15, 0.2) is 72.4 Å². The van der Waals surface area contributed by atoms with E-state index in [1.54, 1.807) is 6.08 Å². The molecule has 3 aromatic rings. The van der Waals surface area contributed by atoms with Gasteiger partial charge in [-0.1, -0.05) is 71.9 Å². The number of aromatic nitrogens is 3. The van der Waals surface area contributed by atoms with Crippen LogP contribution in [0, 0.1) is 6.92 Å².